The lowest BCUT2D eigenvalue weighted by atomic mass is 10.1. The van der Waals surface area contributed by atoms with Gasteiger partial charge in [0.25, 0.3) is 10.0 Å². The van der Waals surface area contributed by atoms with Gasteiger partial charge in [-0.2, -0.15) is 0 Å². The Morgan fingerprint density at radius 3 is 2.11 bits per heavy atom. The van der Waals surface area contributed by atoms with E-state index in [9.17, 15) is 17.2 Å². The lowest BCUT2D eigenvalue weighted by Gasteiger charge is -2.31. The quantitative estimate of drug-likeness (QED) is 0.601. The van der Waals surface area contributed by atoms with E-state index in [0.717, 1.165) is 15.9 Å². The molecule has 0 radical (unpaired) electrons. The molecule has 0 spiro atoms. The largest absolute Gasteiger partial charge is 0.267 e. The fraction of sp³-hybridized carbons (Fsp3) is 0.143. The van der Waals surface area contributed by atoms with E-state index in [-0.39, 0.29) is 5.56 Å². The van der Waals surface area contributed by atoms with Gasteiger partial charge in [-0.25, -0.2) is 17.2 Å². The molecule has 0 fully saturated rings. The summed E-state index contributed by atoms with van der Waals surface area (Å²) in [5.74, 6) is -1.37. The Balaban J connectivity index is 2.22. The van der Waals surface area contributed by atoms with Crippen molar-refractivity contribution in [3.63, 3.8) is 0 Å². The van der Waals surface area contributed by atoms with Crippen LogP contribution < -0.4 is 4.31 Å². The van der Waals surface area contributed by atoms with Gasteiger partial charge in [0.05, 0.1) is 11.7 Å². The fourth-order valence-corrected chi connectivity index (χ4v) is 4.73. The lowest BCUT2D eigenvalue weighted by molar-refractivity contribution is 0.553. The van der Waals surface area contributed by atoms with Crippen molar-refractivity contribution in [1.82, 2.24) is 0 Å². The molecule has 0 aliphatic carbocycles. The molecule has 0 saturated carbocycles. The molecule has 0 aliphatic heterocycles. The van der Waals surface area contributed by atoms with Crippen molar-refractivity contribution in [2.24, 2.45) is 0 Å². The predicted molar refractivity (Wildman–Crippen MR) is 102 cm³/mol. The molecule has 3 rings (SSSR count). The molecule has 3 nitrogen and oxygen atoms in total. The predicted octanol–water partition coefficient (Wildman–Crippen LogP) is 5.23. The van der Waals surface area contributed by atoms with Gasteiger partial charge < -0.3 is 0 Å². The van der Waals surface area contributed by atoms with Gasteiger partial charge in [-0.15, -0.1) is 0 Å². The molecule has 140 valence electrons. The topological polar surface area (TPSA) is 37.4 Å². The summed E-state index contributed by atoms with van der Waals surface area (Å²) < 4.78 is 56.5. The molecule has 0 amide bonds. The van der Waals surface area contributed by atoms with Crippen LogP contribution in [0.5, 0.6) is 0 Å². The molecule has 0 saturated heterocycles. The van der Waals surface area contributed by atoms with Crippen molar-refractivity contribution < 1.29 is 17.2 Å². The van der Waals surface area contributed by atoms with Crippen molar-refractivity contribution in [1.29, 1.82) is 0 Å². The van der Waals surface area contributed by atoms with E-state index in [1.54, 1.807) is 31.2 Å². The molecule has 0 aromatic heterocycles. The minimum absolute atomic E-state index is 0.207. The zero-order valence-electron chi connectivity index (χ0n) is 14.9. The second-order valence-electron chi connectivity index (χ2n) is 6.27. The number of anilines is 1. The van der Waals surface area contributed by atoms with E-state index >= 15 is 0 Å². The number of hydrogen-bond acceptors (Lipinski definition) is 2. The fourth-order valence-electron chi connectivity index (χ4n) is 3.04. The smallest absolute Gasteiger partial charge is 0.259 e. The van der Waals surface area contributed by atoms with Gasteiger partial charge in [-0.3, -0.25) is 4.31 Å². The standard InChI is InChI=1S/C21H19F2NO2S/c1-15-8-7-9-17(14-15)24(16(2)18-10-3-4-11-19(18)22)27(25,26)21-13-6-5-12-20(21)23/h3-14,16H,1-2H3/t16-/m1/s1. The van der Waals surface area contributed by atoms with Crippen LogP contribution in [-0.4, -0.2) is 8.42 Å². The van der Waals surface area contributed by atoms with Crippen LogP contribution in [0.1, 0.15) is 24.1 Å². The Morgan fingerprint density at radius 2 is 1.48 bits per heavy atom. The Kier molecular flexibility index (Phi) is 5.28. The minimum atomic E-state index is -4.27. The van der Waals surface area contributed by atoms with Crippen LogP contribution in [0.3, 0.4) is 0 Å². The lowest BCUT2D eigenvalue weighted by Crippen LogP contribution is -2.34. The highest BCUT2D eigenvalue weighted by molar-refractivity contribution is 7.92. The van der Waals surface area contributed by atoms with Crippen LogP contribution in [0.4, 0.5) is 14.5 Å². The van der Waals surface area contributed by atoms with Crippen LogP contribution in [0.15, 0.2) is 77.7 Å². The van der Waals surface area contributed by atoms with E-state index < -0.39 is 32.6 Å². The first-order valence-corrected chi connectivity index (χ1v) is 9.86. The van der Waals surface area contributed by atoms with E-state index in [0.29, 0.717) is 5.69 Å². The molecule has 0 bridgehead atoms. The van der Waals surface area contributed by atoms with Crippen molar-refractivity contribution >= 4 is 15.7 Å². The van der Waals surface area contributed by atoms with Crippen LogP contribution in [-0.2, 0) is 10.0 Å². The van der Waals surface area contributed by atoms with Crippen LogP contribution in [0.2, 0.25) is 0 Å². The first-order valence-electron chi connectivity index (χ1n) is 8.42. The normalized spacial score (nSPS) is 12.6. The molecule has 0 aliphatic rings. The van der Waals surface area contributed by atoms with Gasteiger partial charge in [0.1, 0.15) is 16.5 Å². The Hall–Kier alpha value is -2.73. The first-order chi connectivity index (χ1) is 12.8. The highest BCUT2D eigenvalue weighted by atomic mass is 32.2. The summed E-state index contributed by atoms with van der Waals surface area (Å²) in [5, 5.41) is 0. The second kappa shape index (κ2) is 7.48. The highest BCUT2D eigenvalue weighted by Crippen LogP contribution is 2.35. The minimum Gasteiger partial charge on any atom is -0.259 e. The van der Waals surface area contributed by atoms with Crippen molar-refractivity contribution in [2.45, 2.75) is 24.8 Å². The third-order valence-corrected chi connectivity index (χ3v) is 6.27. The van der Waals surface area contributed by atoms with Gasteiger partial charge in [0, 0.05) is 5.56 Å². The van der Waals surface area contributed by atoms with E-state index in [1.165, 1.54) is 36.4 Å². The van der Waals surface area contributed by atoms with Crippen LogP contribution in [0.25, 0.3) is 0 Å². The second-order valence-corrected chi connectivity index (χ2v) is 8.05. The number of aryl methyl sites for hydroxylation is 1. The SMILES string of the molecule is Cc1cccc(N([C@H](C)c2ccccc2F)S(=O)(=O)c2ccccc2F)c1. The maximum atomic E-state index is 14.4. The van der Waals surface area contributed by atoms with Crippen LogP contribution >= 0.6 is 0 Å². The van der Waals surface area contributed by atoms with Crippen molar-refractivity contribution in [3.05, 3.63) is 95.6 Å². The molecule has 0 N–H and O–H groups in total. The number of rotatable bonds is 5. The summed E-state index contributed by atoms with van der Waals surface area (Å²) in [7, 11) is -4.27. The molecule has 27 heavy (non-hydrogen) atoms. The molecular weight excluding hydrogens is 368 g/mol. The number of halogens is 2. The van der Waals surface area contributed by atoms with Gasteiger partial charge in [-0.05, 0) is 49.7 Å². The molecule has 1 atom stereocenters. The number of benzene rings is 3. The summed E-state index contributed by atoms with van der Waals surface area (Å²) >= 11 is 0. The van der Waals surface area contributed by atoms with Gasteiger partial charge in [-0.1, -0.05) is 42.5 Å². The summed E-state index contributed by atoms with van der Waals surface area (Å²) in [5.41, 5.74) is 1.38. The average molecular weight is 387 g/mol. The third kappa shape index (κ3) is 3.71. The molecule has 6 heteroatoms. The van der Waals surface area contributed by atoms with Gasteiger partial charge in [0.2, 0.25) is 0 Å². The summed E-state index contributed by atoms with van der Waals surface area (Å²) in [6.45, 7) is 3.41. The summed E-state index contributed by atoms with van der Waals surface area (Å²) in [6, 6.07) is 17.1. The maximum Gasteiger partial charge on any atom is 0.267 e. The molecule has 3 aromatic rings. The number of nitrogens with zero attached hydrogens (tertiary/aromatic N) is 1. The molecule has 3 aromatic carbocycles. The average Bonchev–Trinajstić information content (AvgIpc) is 2.62. The van der Waals surface area contributed by atoms with Gasteiger partial charge >= 0.3 is 0 Å². The van der Waals surface area contributed by atoms with E-state index in [1.807, 2.05) is 13.0 Å². The monoisotopic (exact) mass is 387 g/mol. The van der Waals surface area contributed by atoms with Crippen molar-refractivity contribution in [3.8, 4) is 0 Å². The highest BCUT2D eigenvalue weighted by Gasteiger charge is 2.33. The molecule has 0 unspecified atom stereocenters. The zero-order chi connectivity index (χ0) is 19.6. The number of sulfonamides is 1. The molecular formula is C21H19F2NO2S. The van der Waals surface area contributed by atoms with Crippen LogP contribution in [0, 0.1) is 18.6 Å². The Morgan fingerprint density at radius 1 is 0.852 bits per heavy atom. The summed E-state index contributed by atoms with van der Waals surface area (Å²) in [6.07, 6.45) is 0. The van der Waals surface area contributed by atoms with Crippen molar-refractivity contribution in [2.75, 3.05) is 4.31 Å². The number of hydrogen-bond donors (Lipinski definition) is 0. The van der Waals surface area contributed by atoms with E-state index in [2.05, 4.69) is 0 Å². The summed E-state index contributed by atoms with van der Waals surface area (Å²) in [4.78, 5) is -0.449. The van der Waals surface area contributed by atoms with Gasteiger partial charge in [0.15, 0.2) is 0 Å². The molecule has 0 heterocycles. The first kappa shape index (κ1) is 19.0. The van der Waals surface area contributed by atoms with E-state index in [4.69, 9.17) is 0 Å². The maximum absolute atomic E-state index is 14.4. The third-order valence-electron chi connectivity index (χ3n) is 4.34. The Labute approximate surface area is 157 Å². The zero-order valence-corrected chi connectivity index (χ0v) is 15.7. The Bertz CT molecular complexity index is 1070.